The third-order valence-corrected chi connectivity index (χ3v) is 2.66. The van der Waals surface area contributed by atoms with Gasteiger partial charge in [0.25, 0.3) is 0 Å². The van der Waals surface area contributed by atoms with Crippen molar-refractivity contribution in [1.82, 2.24) is 4.90 Å². The third kappa shape index (κ3) is 5.36. The maximum absolute atomic E-state index is 5.79. The summed E-state index contributed by atoms with van der Waals surface area (Å²) in [5.74, 6) is 0.466. The average molecular weight is 234 g/mol. The molecule has 0 bridgehead atoms. The van der Waals surface area contributed by atoms with E-state index in [-0.39, 0.29) is 0 Å². The van der Waals surface area contributed by atoms with Crippen LogP contribution in [0.1, 0.15) is 13.8 Å². The molecule has 0 aliphatic rings. The van der Waals surface area contributed by atoms with Crippen LogP contribution in [0.15, 0.2) is 35.3 Å². The molecular formula is C13H22N4. The molecule has 94 valence electrons. The van der Waals surface area contributed by atoms with Gasteiger partial charge in [0, 0.05) is 18.3 Å². The van der Waals surface area contributed by atoms with Crippen molar-refractivity contribution < 1.29 is 0 Å². The number of likely N-dealkylation sites (N-methyl/N-ethyl adjacent to an activating group) is 1. The molecule has 0 spiro atoms. The molecule has 0 amide bonds. The Morgan fingerprint density at radius 1 is 1.35 bits per heavy atom. The van der Waals surface area contributed by atoms with E-state index in [0.29, 0.717) is 18.5 Å². The van der Waals surface area contributed by atoms with Crippen LogP contribution >= 0.6 is 0 Å². The van der Waals surface area contributed by atoms with E-state index in [1.165, 1.54) is 0 Å². The van der Waals surface area contributed by atoms with Gasteiger partial charge in [-0.15, -0.1) is 0 Å². The van der Waals surface area contributed by atoms with Crippen LogP contribution in [0.25, 0.3) is 0 Å². The Bertz CT molecular complexity index is 346. The second kappa shape index (κ2) is 6.91. The summed E-state index contributed by atoms with van der Waals surface area (Å²) in [6, 6.07) is 10.3. The Hall–Kier alpha value is -1.55. The standard InChI is InChI=1S/C13H22N4/c1-11(2)17(3)10-9-15-13(14)16-12-7-5-4-6-8-12/h4-8,11H,9-10H2,1-3H3,(H3,14,15,16). The van der Waals surface area contributed by atoms with Crippen LogP contribution in [0.3, 0.4) is 0 Å². The van der Waals surface area contributed by atoms with Gasteiger partial charge in [0.05, 0.1) is 6.54 Å². The molecular weight excluding hydrogens is 212 g/mol. The Morgan fingerprint density at radius 2 is 2.00 bits per heavy atom. The average Bonchev–Trinajstić information content (AvgIpc) is 2.30. The molecule has 1 aromatic rings. The number of rotatable bonds is 5. The SMILES string of the molecule is CC(C)N(C)CCN=C(N)Nc1ccccc1. The zero-order chi connectivity index (χ0) is 12.7. The van der Waals surface area contributed by atoms with Gasteiger partial charge in [-0.1, -0.05) is 18.2 Å². The zero-order valence-corrected chi connectivity index (χ0v) is 10.9. The summed E-state index contributed by atoms with van der Waals surface area (Å²) < 4.78 is 0. The number of benzene rings is 1. The summed E-state index contributed by atoms with van der Waals surface area (Å²) in [5.41, 5.74) is 6.75. The van der Waals surface area contributed by atoms with Gasteiger partial charge < -0.3 is 16.0 Å². The predicted molar refractivity (Wildman–Crippen MR) is 74.3 cm³/mol. The minimum atomic E-state index is 0.466. The highest BCUT2D eigenvalue weighted by Gasteiger charge is 2.01. The number of para-hydroxylation sites is 1. The minimum Gasteiger partial charge on any atom is -0.370 e. The molecule has 0 saturated carbocycles. The lowest BCUT2D eigenvalue weighted by Crippen LogP contribution is -2.30. The van der Waals surface area contributed by atoms with E-state index in [0.717, 1.165) is 12.2 Å². The number of aliphatic imine (C=N–C) groups is 1. The fourth-order valence-corrected chi connectivity index (χ4v) is 1.30. The highest BCUT2D eigenvalue weighted by molar-refractivity contribution is 5.92. The van der Waals surface area contributed by atoms with Crippen molar-refractivity contribution in [2.45, 2.75) is 19.9 Å². The molecule has 0 atom stereocenters. The van der Waals surface area contributed by atoms with Crippen LogP contribution < -0.4 is 11.1 Å². The van der Waals surface area contributed by atoms with E-state index < -0.39 is 0 Å². The van der Waals surface area contributed by atoms with E-state index in [1.807, 2.05) is 30.3 Å². The molecule has 0 fully saturated rings. The topological polar surface area (TPSA) is 53.6 Å². The molecule has 0 aliphatic carbocycles. The van der Waals surface area contributed by atoms with Gasteiger partial charge in [-0.25, -0.2) is 0 Å². The Balaban J connectivity index is 2.35. The second-order valence-electron chi connectivity index (χ2n) is 4.33. The molecule has 1 aromatic carbocycles. The Morgan fingerprint density at radius 3 is 2.59 bits per heavy atom. The first-order valence-corrected chi connectivity index (χ1v) is 5.92. The number of anilines is 1. The molecule has 4 heteroatoms. The lowest BCUT2D eigenvalue weighted by molar-refractivity contribution is 0.282. The van der Waals surface area contributed by atoms with Crippen molar-refractivity contribution in [2.75, 3.05) is 25.5 Å². The maximum atomic E-state index is 5.79. The molecule has 0 radical (unpaired) electrons. The fourth-order valence-electron chi connectivity index (χ4n) is 1.30. The van der Waals surface area contributed by atoms with Gasteiger partial charge in [0.15, 0.2) is 5.96 Å². The molecule has 0 saturated heterocycles. The quantitative estimate of drug-likeness (QED) is 0.603. The second-order valence-corrected chi connectivity index (χ2v) is 4.33. The van der Waals surface area contributed by atoms with Crippen LogP contribution in [-0.2, 0) is 0 Å². The van der Waals surface area contributed by atoms with Gasteiger partial charge in [-0.2, -0.15) is 0 Å². The molecule has 0 aromatic heterocycles. The lowest BCUT2D eigenvalue weighted by Gasteiger charge is -2.19. The van der Waals surface area contributed by atoms with E-state index in [1.54, 1.807) is 0 Å². The summed E-state index contributed by atoms with van der Waals surface area (Å²) in [6.07, 6.45) is 0. The van der Waals surface area contributed by atoms with Crippen molar-refractivity contribution in [3.63, 3.8) is 0 Å². The van der Waals surface area contributed by atoms with Crippen molar-refractivity contribution >= 4 is 11.6 Å². The summed E-state index contributed by atoms with van der Waals surface area (Å²) in [7, 11) is 2.08. The third-order valence-electron chi connectivity index (χ3n) is 2.66. The highest BCUT2D eigenvalue weighted by Crippen LogP contribution is 2.03. The molecule has 17 heavy (non-hydrogen) atoms. The van der Waals surface area contributed by atoms with Crippen molar-refractivity contribution in [3.8, 4) is 0 Å². The van der Waals surface area contributed by atoms with E-state index in [9.17, 15) is 0 Å². The first-order valence-electron chi connectivity index (χ1n) is 5.92. The summed E-state index contributed by atoms with van der Waals surface area (Å²) in [5, 5.41) is 3.05. The minimum absolute atomic E-state index is 0.466. The molecule has 3 N–H and O–H groups in total. The number of hydrogen-bond donors (Lipinski definition) is 2. The zero-order valence-electron chi connectivity index (χ0n) is 10.9. The van der Waals surface area contributed by atoms with Gasteiger partial charge in [0.2, 0.25) is 0 Å². The molecule has 0 heterocycles. The molecule has 0 unspecified atom stereocenters. The summed E-state index contributed by atoms with van der Waals surface area (Å²) in [6.45, 7) is 5.94. The summed E-state index contributed by atoms with van der Waals surface area (Å²) in [4.78, 5) is 6.52. The van der Waals surface area contributed by atoms with Gasteiger partial charge >= 0.3 is 0 Å². The first kappa shape index (κ1) is 13.5. The van der Waals surface area contributed by atoms with Crippen LogP contribution in [0, 0.1) is 0 Å². The Kier molecular flexibility index (Phi) is 5.49. The van der Waals surface area contributed by atoms with Crippen LogP contribution in [0.5, 0.6) is 0 Å². The molecule has 4 nitrogen and oxygen atoms in total. The number of hydrogen-bond acceptors (Lipinski definition) is 2. The first-order chi connectivity index (χ1) is 8.09. The van der Waals surface area contributed by atoms with Gasteiger partial charge in [0.1, 0.15) is 0 Å². The predicted octanol–water partition coefficient (Wildman–Crippen LogP) is 1.75. The number of nitrogens with one attached hydrogen (secondary N) is 1. The lowest BCUT2D eigenvalue weighted by atomic mass is 10.3. The largest absolute Gasteiger partial charge is 0.370 e. The normalized spacial score (nSPS) is 12.2. The van der Waals surface area contributed by atoms with Crippen LogP contribution in [0.2, 0.25) is 0 Å². The van der Waals surface area contributed by atoms with E-state index >= 15 is 0 Å². The highest BCUT2D eigenvalue weighted by atomic mass is 15.1. The van der Waals surface area contributed by atoms with E-state index in [2.05, 4.69) is 36.1 Å². The monoisotopic (exact) mass is 234 g/mol. The smallest absolute Gasteiger partial charge is 0.193 e. The van der Waals surface area contributed by atoms with E-state index in [4.69, 9.17) is 5.73 Å². The van der Waals surface area contributed by atoms with Crippen molar-refractivity contribution in [2.24, 2.45) is 10.7 Å². The Labute approximate surface area is 104 Å². The van der Waals surface area contributed by atoms with Crippen molar-refractivity contribution in [1.29, 1.82) is 0 Å². The molecule has 0 aliphatic heterocycles. The number of nitrogens with two attached hydrogens (primary N) is 1. The van der Waals surface area contributed by atoms with Crippen LogP contribution in [0.4, 0.5) is 5.69 Å². The summed E-state index contributed by atoms with van der Waals surface area (Å²) >= 11 is 0. The fraction of sp³-hybridized carbons (Fsp3) is 0.462. The van der Waals surface area contributed by atoms with Gasteiger partial charge in [-0.05, 0) is 33.0 Å². The molecule has 1 rings (SSSR count). The van der Waals surface area contributed by atoms with Gasteiger partial charge in [-0.3, -0.25) is 4.99 Å². The number of guanidine groups is 1. The maximum Gasteiger partial charge on any atom is 0.193 e. The van der Waals surface area contributed by atoms with Crippen LogP contribution in [-0.4, -0.2) is 37.0 Å². The number of nitrogens with zero attached hydrogens (tertiary/aromatic N) is 2. The van der Waals surface area contributed by atoms with Crippen molar-refractivity contribution in [3.05, 3.63) is 30.3 Å².